The number of hydrogen-bond donors (Lipinski definition) is 2. The van der Waals surface area contributed by atoms with E-state index in [-0.39, 0.29) is 0 Å². The van der Waals surface area contributed by atoms with Gasteiger partial charge in [-0.15, -0.1) is 0 Å². The molecular formula is C13H16O3. The summed E-state index contributed by atoms with van der Waals surface area (Å²) in [6.45, 7) is 2.99. The first-order valence-corrected chi connectivity index (χ1v) is 5.09. The fourth-order valence-electron chi connectivity index (χ4n) is 1.13. The van der Waals surface area contributed by atoms with E-state index in [0.717, 1.165) is 5.56 Å². The van der Waals surface area contributed by atoms with Crippen molar-refractivity contribution in [3.8, 4) is 0 Å². The van der Waals surface area contributed by atoms with E-state index in [0.29, 0.717) is 0 Å². The quantitative estimate of drug-likeness (QED) is 0.817. The molecule has 0 bridgehead atoms. The first-order chi connectivity index (χ1) is 7.44. The van der Waals surface area contributed by atoms with Crippen LogP contribution in [0.25, 0.3) is 6.08 Å². The molecule has 0 fully saturated rings. The number of carbonyl (C=O) groups is 1. The second-order valence-electron chi connectivity index (χ2n) is 4.24. The van der Waals surface area contributed by atoms with Crippen LogP contribution in [0.4, 0.5) is 0 Å². The van der Waals surface area contributed by atoms with Gasteiger partial charge in [-0.1, -0.05) is 42.5 Å². The molecule has 1 rings (SSSR count). The molecule has 0 saturated heterocycles. The van der Waals surface area contributed by atoms with Gasteiger partial charge in [0.25, 0.3) is 0 Å². The summed E-state index contributed by atoms with van der Waals surface area (Å²) in [5.74, 6) is -1.02. The zero-order valence-corrected chi connectivity index (χ0v) is 9.42. The summed E-state index contributed by atoms with van der Waals surface area (Å²) in [6.07, 6.45) is 2.21. The van der Waals surface area contributed by atoms with Crippen LogP contribution in [0.3, 0.4) is 0 Å². The number of aliphatic hydroxyl groups excluding tert-OH is 1. The zero-order chi connectivity index (χ0) is 12.2. The molecule has 0 aliphatic carbocycles. The highest BCUT2D eigenvalue weighted by Gasteiger charge is 2.33. The van der Waals surface area contributed by atoms with Gasteiger partial charge >= 0.3 is 5.97 Å². The van der Waals surface area contributed by atoms with Gasteiger partial charge in [0.2, 0.25) is 0 Å². The Bertz CT molecular complexity index is 379. The summed E-state index contributed by atoms with van der Waals surface area (Å²) in [5.41, 5.74) is -0.242. The Hall–Kier alpha value is -1.61. The maximum atomic E-state index is 10.9. The average Bonchev–Trinajstić information content (AvgIpc) is 2.27. The predicted octanol–water partition coefficient (Wildman–Crippen LogP) is 2.17. The number of rotatable bonds is 4. The molecule has 86 valence electrons. The van der Waals surface area contributed by atoms with E-state index in [4.69, 9.17) is 5.11 Å². The van der Waals surface area contributed by atoms with Crippen molar-refractivity contribution < 1.29 is 15.0 Å². The van der Waals surface area contributed by atoms with Crippen molar-refractivity contribution in [1.82, 2.24) is 0 Å². The van der Waals surface area contributed by atoms with E-state index in [1.807, 2.05) is 30.3 Å². The Morgan fingerprint density at radius 3 is 2.38 bits per heavy atom. The standard InChI is InChI=1S/C13H16O3/c1-13(2,12(15)16)11(14)9-8-10-6-4-3-5-7-10/h3-9,11,14H,1-2H3,(H,15,16)/b9-8+. The van der Waals surface area contributed by atoms with Crippen LogP contribution in [0.2, 0.25) is 0 Å². The van der Waals surface area contributed by atoms with Gasteiger partial charge in [0.15, 0.2) is 0 Å². The van der Waals surface area contributed by atoms with Crippen molar-refractivity contribution in [1.29, 1.82) is 0 Å². The molecule has 0 aromatic heterocycles. The Morgan fingerprint density at radius 1 is 1.31 bits per heavy atom. The van der Waals surface area contributed by atoms with Crippen LogP contribution < -0.4 is 0 Å². The van der Waals surface area contributed by atoms with Crippen molar-refractivity contribution in [2.45, 2.75) is 20.0 Å². The fourth-order valence-corrected chi connectivity index (χ4v) is 1.13. The van der Waals surface area contributed by atoms with Gasteiger partial charge in [-0.05, 0) is 19.4 Å². The minimum atomic E-state index is -1.18. The smallest absolute Gasteiger partial charge is 0.312 e. The average molecular weight is 220 g/mol. The van der Waals surface area contributed by atoms with E-state index in [2.05, 4.69) is 0 Å². The van der Waals surface area contributed by atoms with Crippen molar-refractivity contribution in [3.05, 3.63) is 42.0 Å². The van der Waals surface area contributed by atoms with Gasteiger partial charge in [-0.25, -0.2) is 0 Å². The highest BCUT2D eigenvalue weighted by molar-refractivity contribution is 5.75. The molecule has 0 aliphatic heterocycles. The highest BCUT2D eigenvalue weighted by Crippen LogP contribution is 2.22. The van der Waals surface area contributed by atoms with Crippen molar-refractivity contribution in [3.63, 3.8) is 0 Å². The van der Waals surface area contributed by atoms with Gasteiger partial charge in [0, 0.05) is 0 Å². The van der Waals surface area contributed by atoms with E-state index in [9.17, 15) is 9.90 Å². The molecule has 0 radical (unpaired) electrons. The number of aliphatic carboxylic acids is 1. The summed E-state index contributed by atoms with van der Waals surface area (Å²) in [6, 6.07) is 9.44. The first-order valence-electron chi connectivity index (χ1n) is 5.09. The zero-order valence-electron chi connectivity index (χ0n) is 9.42. The van der Waals surface area contributed by atoms with Crippen LogP contribution in [-0.4, -0.2) is 22.3 Å². The molecule has 1 atom stereocenters. The number of hydrogen-bond acceptors (Lipinski definition) is 2. The summed E-state index contributed by atoms with van der Waals surface area (Å²) < 4.78 is 0. The molecule has 3 heteroatoms. The van der Waals surface area contributed by atoms with Crippen LogP contribution in [0.5, 0.6) is 0 Å². The summed E-state index contributed by atoms with van der Waals surface area (Å²) in [7, 11) is 0. The largest absolute Gasteiger partial charge is 0.481 e. The highest BCUT2D eigenvalue weighted by atomic mass is 16.4. The molecule has 3 nitrogen and oxygen atoms in total. The molecule has 1 aromatic rings. The molecular weight excluding hydrogens is 204 g/mol. The summed E-state index contributed by atoms with van der Waals surface area (Å²) in [4.78, 5) is 10.9. The van der Waals surface area contributed by atoms with Gasteiger partial charge in [0.05, 0.1) is 11.5 Å². The lowest BCUT2D eigenvalue weighted by Crippen LogP contribution is -2.35. The number of carboxylic acid groups (broad SMARTS) is 1. The third kappa shape index (κ3) is 2.94. The van der Waals surface area contributed by atoms with Crippen molar-refractivity contribution in [2.75, 3.05) is 0 Å². The fraction of sp³-hybridized carbons (Fsp3) is 0.308. The number of benzene rings is 1. The third-order valence-electron chi connectivity index (χ3n) is 2.56. The van der Waals surface area contributed by atoms with Crippen molar-refractivity contribution >= 4 is 12.0 Å². The third-order valence-corrected chi connectivity index (χ3v) is 2.56. The van der Waals surface area contributed by atoms with E-state index < -0.39 is 17.5 Å². The molecule has 0 saturated carbocycles. The van der Waals surface area contributed by atoms with Crippen LogP contribution >= 0.6 is 0 Å². The SMILES string of the molecule is CC(C)(C(=O)O)C(O)/C=C/c1ccccc1. The molecule has 0 heterocycles. The second-order valence-corrected chi connectivity index (χ2v) is 4.24. The van der Waals surface area contributed by atoms with Gasteiger partial charge in [0.1, 0.15) is 0 Å². The summed E-state index contributed by atoms with van der Waals surface area (Å²) >= 11 is 0. The minimum Gasteiger partial charge on any atom is -0.481 e. The molecule has 1 aromatic carbocycles. The van der Waals surface area contributed by atoms with Crippen LogP contribution in [0, 0.1) is 5.41 Å². The van der Waals surface area contributed by atoms with Gasteiger partial charge < -0.3 is 10.2 Å². The predicted molar refractivity (Wildman–Crippen MR) is 62.9 cm³/mol. The Balaban J connectivity index is 2.75. The molecule has 0 aliphatic rings. The minimum absolute atomic E-state index is 0.933. The monoisotopic (exact) mass is 220 g/mol. The topological polar surface area (TPSA) is 57.5 Å². The van der Waals surface area contributed by atoms with Gasteiger partial charge in [-0.3, -0.25) is 4.79 Å². The summed E-state index contributed by atoms with van der Waals surface area (Å²) in [5, 5.41) is 18.7. The Morgan fingerprint density at radius 2 is 1.88 bits per heavy atom. The maximum absolute atomic E-state index is 10.9. The van der Waals surface area contributed by atoms with Crippen LogP contribution in [0.1, 0.15) is 19.4 Å². The Kier molecular flexibility index (Phi) is 3.85. The van der Waals surface area contributed by atoms with E-state index in [1.54, 1.807) is 6.08 Å². The molecule has 0 spiro atoms. The number of carboxylic acids is 1. The molecule has 16 heavy (non-hydrogen) atoms. The second kappa shape index (κ2) is 4.94. The normalized spacial score (nSPS) is 13.9. The Labute approximate surface area is 95.0 Å². The van der Waals surface area contributed by atoms with Crippen LogP contribution in [-0.2, 0) is 4.79 Å². The van der Waals surface area contributed by atoms with E-state index >= 15 is 0 Å². The first kappa shape index (κ1) is 12.5. The maximum Gasteiger partial charge on any atom is 0.312 e. The lowest BCUT2D eigenvalue weighted by Gasteiger charge is -2.23. The van der Waals surface area contributed by atoms with Crippen molar-refractivity contribution in [2.24, 2.45) is 5.41 Å². The molecule has 0 amide bonds. The molecule has 1 unspecified atom stereocenters. The molecule has 2 N–H and O–H groups in total. The van der Waals surface area contributed by atoms with Crippen LogP contribution in [0.15, 0.2) is 36.4 Å². The number of aliphatic hydroxyl groups is 1. The van der Waals surface area contributed by atoms with Gasteiger partial charge in [-0.2, -0.15) is 0 Å². The lowest BCUT2D eigenvalue weighted by molar-refractivity contribution is -0.151. The van der Waals surface area contributed by atoms with E-state index in [1.165, 1.54) is 19.9 Å². The lowest BCUT2D eigenvalue weighted by atomic mass is 9.86.